The van der Waals surface area contributed by atoms with Gasteiger partial charge in [0.1, 0.15) is 10.7 Å². The summed E-state index contributed by atoms with van der Waals surface area (Å²) in [4.78, 5) is 4.07. The van der Waals surface area contributed by atoms with E-state index in [2.05, 4.69) is 20.7 Å². The van der Waals surface area contributed by atoms with E-state index >= 15 is 0 Å². The molecule has 0 radical (unpaired) electrons. The van der Waals surface area contributed by atoms with E-state index < -0.39 is 15.7 Å². The fourth-order valence-corrected chi connectivity index (χ4v) is 4.31. The van der Waals surface area contributed by atoms with Gasteiger partial charge in [-0.15, -0.1) is 0 Å². The van der Waals surface area contributed by atoms with Crippen molar-refractivity contribution in [2.75, 3.05) is 18.8 Å². The third kappa shape index (κ3) is 6.03. The first-order valence-corrected chi connectivity index (χ1v) is 11.3. The number of hydrogen-bond acceptors (Lipinski definition) is 4. The number of aryl methyl sites for hydroxylation is 2. The van der Waals surface area contributed by atoms with Crippen LogP contribution in [0.5, 0.6) is 0 Å². The smallest absolute Gasteiger partial charge is 0.191 e. The first-order chi connectivity index (χ1) is 13.7. The summed E-state index contributed by atoms with van der Waals surface area (Å²) < 4.78 is 40.4. The number of aliphatic imine (C=N–C) groups is 1. The van der Waals surface area contributed by atoms with E-state index in [1.165, 1.54) is 23.8 Å². The molecule has 1 heterocycles. The Bertz CT molecular complexity index is 969. The van der Waals surface area contributed by atoms with E-state index in [0.29, 0.717) is 12.5 Å². The number of benzene rings is 1. The van der Waals surface area contributed by atoms with Gasteiger partial charge in [0.2, 0.25) is 0 Å². The minimum absolute atomic E-state index is 0.0314. The van der Waals surface area contributed by atoms with Crippen molar-refractivity contribution in [2.45, 2.75) is 45.1 Å². The second kappa shape index (κ2) is 9.87. The van der Waals surface area contributed by atoms with Gasteiger partial charge in [-0.2, -0.15) is 5.10 Å². The Labute approximate surface area is 172 Å². The van der Waals surface area contributed by atoms with Gasteiger partial charge in [-0.3, -0.25) is 9.67 Å². The Balaban J connectivity index is 2.03. The van der Waals surface area contributed by atoms with Crippen molar-refractivity contribution in [1.82, 2.24) is 20.4 Å². The monoisotopic (exact) mass is 423 g/mol. The van der Waals surface area contributed by atoms with Crippen molar-refractivity contribution in [3.8, 4) is 0 Å². The van der Waals surface area contributed by atoms with Crippen LogP contribution in [0.15, 0.2) is 34.2 Å². The molecule has 0 saturated carbocycles. The van der Waals surface area contributed by atoms with Gasteiger partial charge >= 0.3 is 0 Å². The van der Waals surface area contributed by atoms with Gasteiger partial charge in [0.15, 0.2) is 15.8 Å². The maximum atomic E-state index is 13.8. The van der Waals surface area contributed by atoms with Gasteiger partial charge in [-0.1, -0.05) is 12.1 Å². The Morgan fingerprint density at radius 2 is 2.00 bits per heavy atom. The summed E-state index contributed by atoms with van der Waals surface area (Å²) >= 11 is 0. The summed E-state index contributed by atoms with van der Waals surface area (Å²) in [6.45, 7) is 8.67. The third-order valence-corrected chi connectivity index (χ3v) is 6.42. The second-order valence-corrected chi connectivity index (χ2v) is 9.11. The van der Waals surface area contributed by atoms with Gasteiger partial charge in [0, 0.05) is 25.3 Å². The molecule has 2 N–H and O–H groups in total. The summed E-state index contributed by atoms with van der Waals surface area (Å²) in [5, 5.41) is 10.9. The van der Waals surface area contributed by atoms with Crippen molar-refractivity contribution in [2.24, 2.45) is 12.0 Å². The van der Waals surface area contributed by atoms with E-state index in [9.17, 15) is 12.8 Å². The lowest BCUT2D eigenvalue weighted by Crippen LogP contribution is -2.43. The van der Waals surface area contributed by atoms with Crippen LogP contribution in [0.3, 0.4) is 0 Å². The fraction of sp³-hybridized carbons (Fsp3) is 0.500. The molecule has 0 spiro atoms. The maximum Gasteiger partial charge on any atom is 0.191 e. The lowest BCUT2D eigenvalue weighted by Gasteiger charge is -2.18. The molecule has 0 aliphatic heterocycles. The first kappa shape index (κ1) is 22.9. The van der Waals surface area contributed by atoms with Gasteiger partial charge in [-0.05, 0) is 51.8 Å². The highest BCUT2D eigenvalue weighted by Gasteiger charge is 2.18. The van der Waals surface area contributed by atoms with Crippen molar-refractivity contribution in [3.63, 3.8) is 0 Å². The highest BCUT2D eigenvalue weighted by molar-refractivity contribution is 7.91. The number of nitrogens with zero attached hydrogens (tertiary/aromatic N) is 3. The molecule has 7 nitrogen and oxygen atoms in total. The Hall–Kier alpha value is -2.42. The van der Waals surface area contributed by atoms with Crippen LogP contribution in [0.4, 0.5) is 4.39 Å². The van der Waals surface area contributed by atoms with E-state index in [4.69, 9.17) is 0 Å². The maximum absolute atomic E-state index is 13.8. The number of rotatable bonds is 8. The van der Waals surface area contributed by atoms with Crippen LogP contribution in [0.2, 0.25) is 0 Å². The molecule has 1 atom stereocenters. The number of aromatic nitrogens is 2. The van der Waals surface area contributed by atoms with Crippen molar-refractivity contribution in [1.29, 1.82) is 0 Å². The van der Waals surface area contributed by atoms with Crippen LogP contribution in [0.1, 0.15) is 30.8 Å². The van der Waals surface area contributed by atoms with Crippen LogP contribution in [-0.4, -0.2) is 49.0 Å². The van der Waals surface area contributed by atoms with E-state index in [-0.39, 0.29) is 23.2 Å². The van der Waals surface area contributed by atoms with Gasteiger partial charge in [-0.25, -0.2) is 12.8 Å². The molecule has 0 amide bonds. The zero-order chi connectivity index (χ0) is 21.6. The number of halogens is 1. The quantitative estimate of drug-likeness (QED) is 0.502. The van der Waals surface area contributed by atoms with Crippen LogP contribution in [0, 0.1) is 19.7 Å². The first-order valence-electron chi connectivity index (χ1n) is 9.67. The van der Waals surface area contributed by atoms with E-state index in [1.54, 1.807) is 0 Å². The molecule has 2 aromatic rings. The standard InChI is InChI=1S/C20H30FN5O2S/c1-6-22-20(24-14(2)13-17-15(3)25-26(5)16(17)4)23-11-12-29(27,28)19-10-8-7-9-18(19)21/h7-10,14H,6,11-13H2,1-5H3,(H2,22,23,24). The Morgan fingerprint density at radius 1 is 1.31 bits per heavy atom. The SMILES string of the molecule is CCNC(=NCCS(=O)(=O)c1ccccc1F)NC(C)Cc1c(C)nn(C)c1C. The molecule has 0 aliphatic rings. The van der Waals surface area contributed by atoms with Crippen LogP contribution < -0.4 is 10.6 Å². The fourth-order valence-electron chi connectivity index (χ4n) is 3.11. The minimum atomic E-state index is -3.74. The highest BCUT2D eigenvalue weighted by Crippen LogP contribution is 2.15. The largest absolute Gasteiger partial charge is 0.357 e. The van der Waals surface area contributed by atoms with Gasteiger partial charge < -0.3 is 10.6 Å². The summed E-state index contributed by atoms with van der Waals surface area (Å²) in [5.41, 5.74) is 3.30. The van der Waals surface area contributed by atoms with Crippen LogP contribution >= 0.6 is 0 Å². The highest BCUT2D eigenvalue weighted by atomic mass is 32.2. The van der Waals surface area contributed by atoms with Crippen molar-refractivity contribution >= 4 is 15.8 Å². The molecular formula is C20H30FN5O2S. The molecule has 1 aromatic heterocycles. The number of nitrogens with one attached hydrogen (secondary N) is 2. The second-order valence-electron chi connectivity index (χ2n) is 7.03. The van der Waals surface area contributed by atoms with Gasteiger partial charge in [0.25, 0.3) is 0 Å². The predicted octanol–water partition coefficient (Wildman–Crippen LogP) is 2.14. The Morgan fingerprint density at radius 3 is 2.59 bits per heavy atom. The van der Waals surface area contributed by atoms with Crippen molar-refractivity contribution in [3.05, 3.63) is 47.0 Å². The normalized spacial score (nSPS) is 13.4. The molecular weight excluding hydrogens is 393 g/mol. The average molecular weight is 424 g/mol. The molecule has 160 valence electrons. The average Bonchev–Trinajstić information content (AvgIpc) is 2.88. The lowest BCUT2D eigenvalue weighted by molar-refractivity contribution is 0.567. The van der Waals surface area contributed by atoms with Crippen LogP contribution in [-0.2, 0) is 23.3 Å². The minimum Gasteiger partial charge on any atom is -0.357 e. The molecule has 29 heavy (non-hydrogen) atoms. The molecule has 1 aromatic carbocycles. The zero-order valence-corrected chi connectivity index (χ0v) is 18.5. The van der Waals surface area contributed by atoms with Gasteiger partial charge in [0.05, 0.1) is 18.0 Å². The summed E-state index contributed by atoms with van der Waals surface area (Å²) in [7, 11) is -1.81. The zero-order valence-electron chi connectivity index (χ0n) is 17.7. The predicted molar refractivity (Wildman–Crippen MR) is 113 cm³/mol. The van der Waals surface area contributed by atoms with E-state index in [1.807, 2.05) is 39.4 Å². The molecule has 0 fully saturated rings. The third-order valence-electron chi connectivity index (χ3n) is 4.70. The van der Waals surface area contributed by atoms with Crippen LogP contribution in [0.25, 0.3) is 0 Å². The molecule has 9 heteroatoms. The summed E-state index contributed by atoms with van der Waals surface area (Å²) in [6.07, 6.45) is 0.767. The lowest BCUT2D eigenvalue weighted by atomic mass is 10.1. The van der Waals surface area contributed by atoms with Crippen molar-refractivity contribution < 1.29 is 12.8 Å². The summed E-state index contributed by atoms with van der Waals surface area (Å²) in [5.74, 6) is -0.472. The molecule has 1 unspecified atom stereocenters. The Kier molecular flexibility index (Phi) is 7.78. The summed E-state index contributed by atoms with van der Waals surface area (Å²) in [6, 6.07) is 5.46. The molecule has 0 saturated heterocycles. The number of guanidine groups is 1. The molecule has 0 aliphatic carbocycles. The number of hydrogen-bond donors (Lipinski definition) is 2. The molecule has 2 rings (SSSR count). The molecule has 0 bridgehead atoms. The topological polar surface area (TPSA) is 88.4 Å². The number of sulfone groups is 1. The van der Waals surface area contributed by atoms with E-state index in [0.717, 1.165) is 23.9 Å².